The van der Waals surface area contributed by atoms with Crippen LogP contribution >= 0.6 is 0 Å². The molecule has 0 radical (unpaired) electrons. The van der Waals surface area contributed by atoms with Gasteiger partial charge in [-0.15, -0.1) is 0 Å². The van der Waals surface area contributed by atoms with E-state index < -0.39 is 9.84 Å². The zero-order chi connectivity index (χ0) is 23.2. The molecule has 0 amide bonds. The SMILES string of the molecule is Cc1cccc(S(=O)(=O)c2c(N)n(N=Cc3ccc(F)cc3)c3nc4ccccc4nc23)c1. The van der Waals surface area contributed by atoms with E-state index in [0.717, 1.165) is 5.56 Å². The number of para-hydroxylation sites is 2. The molecule has 2 N–H and O–H groups in total. The molecule has 7 nitrogen and oxygen atoms in total. The average molecular weight is 460 g/mol. The molecule has 0 spiro atoms. The van der Waals surface area contributed by atoms with Crippen molar-refractivity contribution in [3.8, 4) is 0 Å². The van der Waals surface area contributed by atoms with E-state index in [9.17, 15) is 12.8 Å². The van der Waals surface area contributed by atoms with E-state index in [4.69, 9.17) is 5.73 Å². The highest BCUT2D eigenvalue weighted by molar-refractivity contribution is 7.92. The van der Waals surface area contributed by atoms with Gasteiger partial charge in [0.05, 0.1) is 22.1 Å². The van der Waals surface area contributed by atoms with Gasteiger partial charge in [0.1, 0.15) is 22.0 Å². The van der Waals surface area contributed by atoms with Crippen molar-refractivity contribution in [2.75, 3.05) is 5.73 Å². The predicted octanol–water partition coefficient (Wildman–Crippen LogP) is 4.33. The number of nitrogens with two attached hydrogens (primary N) is 1. The van der Waals surface area contributed by atoms with Crippen molar-refractivity contribution in [3.63, 3.8) is 0 Å². The lowest BCUT2D eigenvalue weighted by atomic mass is 10.2. The summed E-state index contributed by atoms with van der Waals surface area (Å²) in [6, 6.07) is 19.4. The van der Waals surface area contributed by atoms with Crippen molar-refractivity contribution >= 4 is 44.1 Å². The Bertz CT molecular complexity index is 1660. The molecule has 3 aromatic carbocycles. The molecule has 2 heterocycles. The first-order chi connectivity index (χ1) is 15.8. The predicted molar refractivity (Wildman–Crippen MR) is 125 cm³/mol. The van der Waals surface area contributed by atoms with Crippen LogP contribution in [0.25, 0.3) is 22.2 Å². The van der Waals surface area contributed by atoms with Gasteiger partial charge in [-0.1, -0.05) is 36.4 Å². The fraction of sp³-hybridized carbons (Fsp3) is 0.0417. The summed E-state index contributed by atoms with van der Waals surface area (Å²) < 4.78 is 41.7. The minimum Gasteiger partial charge on any atom is -0.382 e. The summed E-state index contributed by atoms with van der Waals surface area (Å²) in [4.78, 5) is 9.11. The Morgan fingerprint density at radius 1 is 0.970 bits per heavy atom. The summed E-state index contributed by atoms with van der Waals surface area (Å²) >= 11 is 0. The molecule has 0 aliphatic carbocycles. The maximum Gasteiger partial charge on any atom is 0.212 e. The maximum absolute atomic E-state index is 13.6. The van der Waals surface area contributed by atoms with Crippen LogP contribution in [0.2, 0.25) is 0 Å². The van der Waals surface area contributed by atoms with Crippen LogP contribution in [0.4, 0.5) is 10.2 Å². The number of rotatable bonds is 4. The molecule has 0 aliphatic rings. The average Bonchev–Trinajstić information content (AvgIpc) is 3.08. The Morgan fingerprint density at radius 3 is 2.36 bits per heavy atom. The number of aryl methyl sites for hydroxylation is 1. The number of nitrogens with zero attached hydrogens (tertiary/aromatic N) is 4. The number of sulfone groups is 1. The Kier molecular flexibility index (Phi) is 4.90. The van der Waals surface area contributed by atoms with Crippen LogP contribution < -0.4 is 5.73 Å². The second-order valence-corrected chi connectivity index (χ2v) is 9.41. The number of halogens is 1. The molecule has 0 fully saturated rings. The molecular weight excluding hydrogens is 441 g/mol. The van der Waals surface area contributed by atoms with E-state index in [1.54, 1.807) is 42.5 Å². The van der Waals surface area contributed by atoms with Crippen molar-refractivity contribution in [1.29, 1.82) is 0 Å². The minimum atomic E-state index is -4.03. The molecule has 0 unspecified atom stereocenters. The van der Waals surface area contributed by atoms with Crippen molar-refractivity contribution in [2.24, 2.45) is 5.10 Å². The van der Waals surface area contributed by atoms with E-state index in [1.165, 1.54) is 29.1 Å². The van der Waals surface area contributed by atoms with Gasteiger partial charge in [-0.25, -0.2) is 22.8 Å². The molecule has 0 aliphatic heterocycles. The van der Waals surface area contributed by atoms with Crippen molar-refractivity contribution in [2.45, 2.75) is 16.7 Å². The highest BCUT2D eigenvalue weighted by Crippen LogP contribution is 2.35. The van der Waals surface area contributed by atoms with Crippen LogP contribution in [0, 0.1) is 12.7 Å². The minimum absolute atomic E-state index is 0.103. The second kappa shape index (κ2) is 7.79. The molecule has 0 atom stereocenters. The van der Waals surface area contributed by atoms with E-state index >= 15 is 0 Å². The van der Waals surface area contributed by atoms with E-state index in [0.29, 0.717) is 16.6 Å². The van der Waals surface area contributed by atoms with Crippen molar-refractivity contribution in [3.05, 3.63) is 89.7 Å². The van der Waals surface area contributed by atoms with Gasteiger partial charge >= 0.3 is 0 Å². The lowest BCUT2D eigenvalue weighted by molar-refractivity contribution is 0.597. The zero-order valence-corrected chi connectivity index (χ0v) is 18.3. The maximum atomic E-state index is 13.6. The quantitative estimate of drug-likeness (QED) is 0.403. The third kappa shape index (κ3) is 3.62. The molecule has 5 aromatic rings. The van der Waals surface area contributed by atoms with Gasteiger partial charge in [0, 0.05) is 0 Å². The Labute approximate surface area is 188 Å². The molecular formula is C24H18FN5O2S. The summed E-state index contributed by atoms with van der Waals surface area (Å²) in [5, 5.41) is 4.36. The number of aromatic nitrogens is 3. The number of benzene rings is 3. The lowest BCUT2D eigenvalue weighted by Crippen LogP contribution is -2.07. The molecule has 0 bridgehead atoms. The number of hydrogen-bond donors (Lipinski definition) is 1. The Balaban J connectivity index is 1.79. The molecule has 33 heavy (non-hydrogen) atoms. The third-order valence-electron chi connectivity index (χ3n) is 5.19. The Hall–Kier alpha value is -4.11. The van der Waals surface area contributed by atoms with Crippen molar-refractivity contribution < 1.29 is 12.8 Å². The third-order valence-corrected chi connectivity index (χ3v) is 7.00. The molecule has 2 aromatic heterocycles. The van der Waals surface area contributed by atoms with Gasteiger partial charge < -0.3 is 5.73 Å². The van der Waals surface area contributed by atoms with Crippen LogP contribution in [0.1, 0.15) is 11.1 Å². The van der Waals surface area contributed by atoms with Crippen LogP contribution in [-0.4, -0.2) is 29.3 Å². The summed E-state index contributed by atoms with van der Waals surface area (Å²) in [6.07, 6.45) is 1.45. The number of fused-ring (bicyclic) bond motifs is 2. The molecule has 9 heteroatoms. The van der Waals surface area contributed by atoms with Crippen molar-refractivity contribution in [1.82, 2.24) is 14.6 Å². The molecule has 5 rings (SSSR count). The van der Waals surface area contributed by atoms with E-state index in [2.05, 4.69) is 15.1 Å². The van der Waals surface area contributed by atoms with Crippen LogP contribution in [-0.2, 0) is 9.84 Å². The van der Waals surface area contributed by atoms with Gasteiger partial charge in [0.25, 0.3) is 0 Å². The summed E-state index contributed by atoms with van der Waals surface area (Å²) in [5.74, 6) is -0.484. The highest BCUT2D eigenvalue weighted by atomic mass is 32.2. The van der Waals surface area contributed by atoms with E-state index in [1.807, 2.05) is 19.1 Å². The molecule has 0 saturated heterocycles. The number of hydrogen-bond acceptors (Lipinski definition) is 6. The smallest absolute Gasteiger partial charge is 0.212 e. The first kappa shape index (κ1) is 20.8. The largest absolute Gasteiger partial charge is 0.382 e. The zero-order valence-electron chi connectivity index (χ0n) is 17.5. The fourth-order valence-electron chi connectivity index (χ4n) is 3.58. The van der Waals surface area contributed by atoms with E-state index in [-0.39, 0.29) is 32.6 Å². The standard InChI is InChI=1S/C24H18FN5O2S/c1-15-5-4-6-18(13-15)33(31,32)22-21-24(29-20-8-3-2-7-19(20)28-21)30(23(22)26)27-14-16-9-11-17(25)12-10-16/h2-14H,26H2,1H3. The van der Waals surface area contributed by atoms with Gasteiger partial charge in [0.15, 0.2) is 5.65 Å². The summed E-state index contributed by atoms with van der Waals surface area (Å²) in [7, 11) is -4.03. The first-order valence-corrected chi connectivity index (χ1v) is 11.5. The van der Waals surface area contributed by atoms with Gasteiger partial charge in [-0.2, -0.15) is 9.78 Å². The number of anilines is 1. The lowest BCUT2D eigenvalue weighted by Gasteiger charge is -2.06. The molecule has 0 saturated carbocycles. The van der Waals surface area contributed by atoms with Crippen LogP contribution in [0.3, 0.4) is 0 Å². The first-order valence-electron chi connectivity index (χ1n) is 10.0. The highest BCUT2D eigenvalue weighted by Gasteiger charge is 2.30. The molecule has 164 valence electrons. The van der Waals surface area contributed by atoms with Gasteiger partial charge in [-0.05, 0) is 54.4 Å². The summed E-state index contributed by atoms with van der Waals surface area (Å²) in [6.45, 7) is 1.81. The second-order valence-electron chi connectivity index (χ2n) is 7.53. The fourth-order valence-corrected chi connectivity index (χ4v) is 5.17. The topological polar surface area (TPSA) is 103 Å². The van der Waals surface area contributed by atoms with Gasteiger partial charge in [0.2, 0.25) is 9.84 Å². The number of nitrogen functional groups attached to an aromatic ring is 1. The van der Waals surface area contributed by atoms with Crippen LogP contribution in [0.15, 0.2) is 87.7 Å². The Morgan fingerprint density at radius 2 is 1.67 bits per heavy atom. The van der Waals surface area contributed by atoms with Crippen LogP contribution in [0.5, 0.6) is 0 Å². The summed E-state index contributed by atoms with van der Waals surface area (Å²) in [5.41, 5.74) is 9.20. The van der Waals surface area contributed by atoms with Gasteiger partial charge in [-0.3, -0.25) is 0 Å². The monoisotopic (exact) mass is 459 g/mol. The normalized spacial score (nSPS) is 12.2.